The Bertz CT molecular complexity index is 638. The maximum absolute atomic E-state index is 12.9. The van der Waals surface area contributed by atoms with Crippen LogP contribution in [-0.4, -0.2) is 33.2 Å². The summed E-state index contributed by atoms with van der Waals surface area (Å²) >= 11 is 0. The Morgan fingerprint density at radius 3 is 2.04 bits per heavy atom. The summed E-state index contributed by atoms with van der Waals surface area (Å²) < 4.78 is 10.7. The zero-order chi connectivity index (χ0) is 20.2. The first-order valence-corrected chi connectivity index (χ1v) is 13.3. The summed E-state index contributed by atoms with van der Waals surface area (Å²) in [6.45, 7) is 13.0. The molecule has 5 heteroatoms. The van der Waals surface area contributed by atoms with E-state index >= 15 is 0 Å². The van der Waals surface area contributed by atoms with Crippen molar-refractivity contribution in [2.24, 2.45) is 23.2 Å². The lowest BCUT2D eigenvalue weighted by Gasteiger charge is -2.29. The van der Waals surface area contributed by atoms with E-state index in [-0.39, 0.29) is 25.0 Å². The summed E-state index contributed by atoms with van der Waals surface area (Å²) in [6, 6.07) is 11.7. The molecule has 0 heterocycles. The highest BCUT2D eigenvalue weighted by atomic mass is 28.3. The van der Waals surface area contributed by atoms with Crippen LogP contribution >= 0.6 is 0 Å². The predicted octanol–water partition coefficient (Wildman–Crippen LogP) is 4.01. The number of ether oxygens (including phenoxy) is 2. The Balaban J connectivity index is 2.33. The van der Waals surface area contributed by atoms with Gasteiger partial charge in [0.15, 0.2) is 5.41 Å². The lowest BCUT2D eigenvalue weighted by molar-refractivity contribution is -0.175. The monoisotopic (exact) mass is 390 g/mol. The molecule has 0 saturated heterocycles. The van der Waals surface area contributed by atoms with Crippen molar-refractivity contribution >= 4 is 25.2 Å². The van der Waals surface area contributed by atoms with Gasteiger partial charge in [0, 0.05) is 0 Å². The van der Waals surface area contributed by atoms with Crippen LogP contribution < -0.4 is 5.19 Å². The lowest BCUT2D eigenvalue weighted by Crippen LogP contribution is -2.45. The number of benzene rings is 1. The van der Waals surface area contributed by atoms with Crippen molar-refractivity contribution in [3.05, 3.63) is 30.3 Å². The molecule has 2 rings (SSSR count). The van der Waals surface area contributed by atoms with E-state index in [1.807, 2.05) is 13.0 Å². The second kappa shape index (κ2) is 8.59. The van der Waals surface area contributed by atoms with E-state index in [2.05, 4.69) is 44.3 Å². The van der Waals surface area contributed by atoms with Gasteiger partial charge in [-0.3, -0.25) is 9.59 Å². The summed E-state index contributed by atoms with van der Waals surface area (Å²) in [5, 5.41) is 1.41. The largest absolute Gasteiger partial charge is 0.465 e. The first-order valence-electron chi connectivity index (χ1n) is 10.1. The Morgan fingerprint density at radius 1 is 1.04 bits per heavy atom. The zero-order valence-corrected chi connectivity index (χ0v) is 18.6. The van der Waals surface area contributed by atoms with Crippen molar-refractivity contribution in [2.75, 3.05) is 13.2 Å². The third-order valence-electron chi connectivity index (χ3n) is 6.50. The molecule has 27 heavy (non-hydrogen) atoms. The van der Waals surface area contributed by atoms with E-state index in [0.717, 1.165) is 6.04 Å². The Labute approximate surface area is 164 Å². The third-order valence-corrected chi connectivity index (χ3v) is 9.94. The van der Waals surface area contributed by atoms with Crippen molar-refractivity contribution in [2.45, 2.75) is 53.3 Å². The van der Waals surface area contributed by atoms with Crippen LogP contribution in [0.4, 0.5) is 0 Å². The first-order chi connectivity index (χ1) is 12.7. The fourth-order valence-corrected chi connectivity index (χ4v) is 7.86. The molecule has 0 aromatic heterocycles. The number of esters is 2. The Morgan fingerprint density at radius 2 is 1.56 bits per heavy atom. The van der Waals surface area contributed by atoms with Gasteiger partial charge in [0.25, 0.3) is 0 Å². The van der Waals surface area contributed by atoms with Crippen LogP contribution in [0.2, 0.25) is 19.1 Å². The number of rotatable bonds is 7. The molecule has 0 amide bonds. The minimum absolute atomic E-state index is 0.0961. The molecule has 1 saturated carbocycles. The molecule has 3 atom stereocenters. The molecule has 150 valence electrons. The second-order valence-electron chi connectivity index (χ2n) is 8.48. The van der Waals surface area contributed by atoms with E-state index in [1.54, 1.807) is 13.8 Å². The highest BCUT2D eigenvalue weighted by Gasteiger charge is 2.61. The molecule has 1 aliphatic carbocycles. The molecule has 4 nitrogen and oxygen atoms in total. The van der Waals surface area contributed by atoms with Crippen LogP contribution in [0.5, 0.6) is 0 Å². The summed E-state index contributed by atoms with van der Waals surface area (Å²) in [5.41, 5.74) is -1.17. The van der Waals surface area contributed by atoms with Crippen LogP contribution in [0.25, 0.3) is 0 Å². The number of hydrogen-bond donors (Lipinski definition) is 0. The molecular weight excluding hydrogens is 356 g/mol. The zero-order valence-electron chi connectivity index (χ0n) is 17.6. The molecule has 1 fully saturated rings. The van der Waals surface area contributed by atoms with E-state index in [0.29, 0.717) is 12.3 Å². The second-order valence-corrected chi connectivity index (χ2v) is 13.2. The van der Waals surface area contributed by atoms with Crippen LogP contribution in [0.15, 0.2) is 30.3 Å². The van der Waals surface area contributed by atoms with Crippen LogP contribution in [0.3, 0.4) is 0 Å². The average molecular weight is 391 g/mol. The number of hydrogen-bond acceptors (Lipinski definition) is 4. The molecule has 0 bridgehead atoms. The van der Waals surface area contributed by atoms with Crippen molar-refractivity contribution in [3.8, 4) is 0 Å². The van der Waals surface area contributed by atoms with Gasteiger partial charge in [-0.15, -0.1) is 0 Å². The van der Waals surface area contributed by atoms with Gasteiger partial charge in [0.05, 0.1) is 21.3 Å². The molecule has 0 radical (unpaired) electrons. The summed E-state index contributed by atoms with van der Waals surface area (Å²) in [7, 11) is -1.69. The minimum atomic E-state index is -1.69. The van der Waals surface area contributed by atoms with Gasteiger partial charge in [0.1, 0.15) is 0 Å². The van der Waals surface area contributed by atoms with Gasteiger partial charge in [-0.2, -0.15) is 0 Å². The van der Waals surface area contributed by atoms with E-state index in [4.69, 9.17) is 9.47 Å². The van der Waals surface area contributed by atoms with Crippen molar-refractivity contribution in [1.82, 2.24) is 0 Å². The fourth-order valence-electron chi connectivity index (χ4n) is 4.70. The number of carbonyl (C=O) groups excluding carboxylic acids is 2. The molecule has 1 aromatic rings. The van der Waals surface area contributed by atoms with E-state index in [1.165, 1.54) is 5.19 Å². The average Bonchev–Trinajstić information content (AvgIpc) is 2.88. The highest BCUT2D eigenvalue weighted by molar-refractivity contribution is 6.89. The third kappa shape index (κ3) is 4.13. The SMILES string of the molecule is CCOC(=O)C1(C(=O)OCC)C[C@@H](C[Si](C)(C)c2ccccc2)[C@H](C)C1C. The fraction of sp³-hybridized carbons (Fsp3) is 0.636. The summed E-state index contributed by atoms with van der Waals surface area (Å²) in [6.07, 6.45) is 0.524. The van der Waals surface area contributed by atoms with E-state index in [9.17, 15) is 9.59 Å². The minimum Gasteiger partial charge on any atom is -0.465 e. The lowest BCUT2D eigenvalue weighted by atomic mass is 9.76. The Kier molecular flexibility index (Phi) is 6.90. The van der Waals surface area contributed by atoms with Crippen LogP contribution in [0, 0.1) is 23.2 Å². The molecule has 0 spiro atoms. The van der Waals surface area contributed by atoms with Crippen LogP contribution in [-0.2, 0) is 19.1 Å². The van der Waals surface area contributed by atoms with Gasteiger partial charge < -0.3 is 9.47 Å². The highest BCUT2D eigenvalue weighted by Crippen LogP contribution is 2.54. The summed E-state index contributed by atoms with van der Waals surface area (Å²) in [4.78, 5) is 25.8. The van der Waals surface area contributed by atoms with Crippen molar-refractivity contribution in [1.29, 1.82) is 0 Å². The van der Waals surface area contributed by atoms with Crippen molar-refractivity contribution in [3.63, 3.8) is 0 Å². The standard InChI is InChI=1S/C22H34O4Si/c1-7-25-20(23)22(21(24)26-8-2)14-18(16(3)17(22)4)15-27(5,6)19-12-10-9-11-13-19/h9-13,16-18H,7-8,14-15H2,1-6H3/t16-,17?,18+/m1/s1. The quantitative estimate of drug-likeness (QED) is 0.401. The first kappa shape index (κ1) is 21.7. The van der Waals surface area contributed by atoms with Gasteiger partial charge >= 0.3 is 11.9 Å². The topological polar surface area (TPSA) is 52.6 Å². The normalized spacial score (nSPS) is 24.4. The number of carbonyl (C=O) groups is 2. The Hall–Kier alpha value is -1.62. The molecule has 1 unspecified atom stereocenters. The van der Waals surface area contributed by atoms with Crippen LogP contribution in [0.1, 0.15) is 34.1 Å². The maximum atomic E-state index is 12.9. The molecule has 0 aliphatic heterocycles. The smallest absolute Gasteiger partial charge is 0.323 e. The van der Waals surface area contributed by atoms with E-state index < -0.39 is 25.4 Å². The maximum Gasteiger partial charge on any atom is 0.323 e. The molecule has 1 aromatic carbocycles. The predicted molar refractivity (Wildman–Crippen MR) is 110 cm³/mol. The van der Waals surface area contributed by atoms with Gasteiger partial charge in [-0.25, -0.2) is 0 Å². The summed E-state index contributed by atoms with van der Waals surface area (Å²) in [5.74, 6) is -0.361. The van der Waals surface area contributed by atoms with Gasteiger partial charge in [0.2, 0.25) is 0 Å². The molecule has 0 N–H and O–H groups in total. The van der Waals surface area contributed by atoms with Crippen molar-refractivity contribution < 1.29 is 19.1 Å². The molecule has 1 aliphatic rings. The molecular formula is C22H34O4Si. The van der Waals surface area contributed by atoms with Gasteiger partial charge in [-0.05, 0) is 38.0 Å². The van der Waals surface area contributed by atoms with Gasteiger partial charge in [-0.1, -0.05) is 68.5 Å².